The summed E-state index contributed by atoms with van der Waals surface area (Å²) in [4.78, 5) is 13.4. The number of carbonyl (C=O) groups excluding carboxylic acids is 1. The van der Waals surface area contributed by atoms with E-state index in [1.165, 1.54) is 11.1 Å². The Balaban J connectivity index is 1.65. The van der Waals surface area contributed by atoms with Crippen LogP contribution in [0.5, 0.6) is 0 Å². The van der Waals surface area contributed by atoms with Crippen molar-refractivity contribution in [3.05, 3.63) is 71.6 Å². The molecule has 0 aliphatic carbocycles. The van der Waals surface area contributed by atoms with E-state index in [1.54, 1.807) is 6.92 Å². The quantitative estimate of drug-likeness (QED) is 0.807. The number of halogens is 3. The maximum Gasteiger partial charge on any atom is 0.282 e. The van der Waals surface area contributed by atoms with Gasteiger partial charge >= 0.3 is 0 Å². The Kier molecular flexibility index (Phi) is 5.42. The lowest BCUT2D eigenvalue weighted by molar-refractivity contribution is -0.909. The molecular formula is C20H20F3N2O+. The lowest BCUT2D eigenvalue weighted by atomic mass is 9.99. The minimum absolute atomic E-state index is 0.349. The first-order valence-corrected chi connectivity index (χ1v) is 8.50. The topological polar surface area (TPSA) is 33.5 Å². The molecule has 0 bridgehead atoms. The van der Waals surface area contributed by atoms with Gasteiger partial charge in [-0.25, -0.2) is 13.2 Å². The molecule has 3 nitrogen and oxygen atoms in total. The zero-order valence-electron chi connectivity index (χ0n) is 14.4. The molecule has 1 heterocycles. The molecule has 0 saturated heterocycles. The molecule has 1 aliphatic rings. The number of carbonyl (C=O) groups is 1. The van der Waals surface area contributed by atoms with Crippen LogP contribution in [0, 0.1) is 17.5 Å². The van der Waals surface area contributed by atoms with Gasteiger partial charge in [0.05, 0.1) is 18.8 Å². The van der Waals surface area contributed by atoms with Crippen molar-refractivity contribution in [3.63, 3.8) is 0 Å². The minimum Gasteiger partial charge on any atom is -0.321 e. The highest BCUT2D eigenvalue weighted by Gasteiger charge is 2.28. The first-order valence-electron chi connectivity index (χ1n) is 8.50. The summed E-state index contributed by atoms with van der Waals surface area (Å²) in [6.07, 6.45) is 2.94. The molecule has 26 heavy (non-hydrogen) atoms. The van der Waals surface area contributed by atoms with Crippen LogP contribution in [0.25, 0.3) is 5.57 Å². The highest BCUT2D eigenvalue weighted by atomic mass is 19.2. The fourth-order valence-corrected chi connectivity index (χ4v) is 3.11. The Hall–Kier alpha value is -2.60. The fraction of sp³-hybridized carbons (Fsp3) is 0.250. The van der Waals surface area contributed by atoms with E-state index in [9.17, 15) is 18.0 Å². The van der Waals surface area contributed by atoms with Crippen LogP contribution in [0.1, 0.15) is 18.9 Å². The van der Waals surface area contributed by atoms with Crippen molar-refractivity contribution < 1.29 is 22.9 Å². The molecule has 0 aromatic heterocycles. The van der Waals surface area contributed by atoms with E-state index in [4.69, 9.17) is 0 Å². The van der Waals surface area contributed by atoms with E-state index in [-0.39, 0.29) is 5.69 Å². The van der Waals surface area contributed by atoms with Gasteiger partial charge in [-0.3, -0.25) is 4.79 Å². The van der Waals surface area contributed by atoms with E-state index in [2.05, 4.69) is 23.5 Å². The van der Waals surface area contributed by atoms with E-state index in [0.29, 0.717) is 6.54 Å². The molecule has 1 aliphatic heterocycles. The Morgan fingerprint density at radius 2 is 1.81 bits per heavy atom. The molecule has 1 unspecified atom stereocenters. The van der Waals surface area contributed by atoms with Gasteiger partial charge in [0, 0.05) is 6.42 Å². The van der Waals surface area contributed by atoms with Crippen LogP contribution in [0.3, 0.4) is 0 Å². The second kappa shape index (κ2) is 7.74. The number of quaternary nitrogens is 1. The van der Waals surface area contributed by atoms with Crippen molar-refractivity contribution in [2.45, 2.75) is 19.4 Å². The molecule has 0 saturated carbocycles. The lowest BCUT2D eigenvalue weighted by Crippen LogP contribution is -3.17. The van der Waals surface area contributed by atoms with Crippen molar-refractivity contribution >= 4 is 17.2 Å². The van der Waals surface area contributed by atoms with Crippen molar-refractivity contribution in [2.75, 3.05) is 18.4 Å². The number of hydrogen-bond acceptors (Lipinski definition) is 1. The first-order chi connectivity index (χ1) is 12.5. The number of hydrogen-bond donors (Lipinski definition) is 2. The van der Waals surface area contributed by atoms with Crippen molar-refractivity contribution in [2.24, 2.45) is 0 Å². The second-order valence-corrected chi connectivity index (χ2v) is 6.39. The highest BCUT2D eigenvalue weighted by Crippen LogP contribution is 2.20. The third kappa shape index (κ3) is 3.80. The molecule has 2 aromatic carbocycles. The summed E-state index contributed by atoms with van der Waals surface area (Å²) < 4.78 is 40.0. The number of benzene rings is 2. The Morgan fingerprint density at radius 1 is 1.08 bits per heavy atom. The third-order valence-corrected chi connectivity index (χ3v) is 4.77. The van der Waals surface area contributed by atoms with Crippen LogP contribution in [-0.2, 0) is 4.79 Å². The summed E-state index contributed by atoms with van der Waals surface area (Å²) in [5.41, 5.74) is 2.07. The zero-order valence-corrected chi connectivity index (χ0v) is 14.4. The van der Waals surface area contributed by atoms with Gasteiger partial charge in [-0.1, -0.05) is 30.3 Å². The predicted molar refractivity (Wildman–Crippen MR) is 94.1 cm³/mol. The molecule has 2 aromatic rings. The summed E-state index contributed by atoms with van der Waals surface area (Å²) in [7, 11) is 0. The summed E-state index contributed by atoms with van der Waals surface area (Å²) in [6, 6.07) is 11.4. The average molecular weight is 361 g/mol. The molecule has 136 valence electrons. The lowest BCUT2D eigenvalue weighted by Gasteiger charge is -2.28. The highest BCUT2D eigenvalue weighted by molar-refractivity contribution is 5.93. The molecule has 0 spiro atoms. The van der Waals surface area contributed by atoms with Crippen molar-refractivity contribution in [3.8, 4) is 0 Å². The van der Waals surface area contributed by atoms with E-state index in [1.807, 2.05) is 18.2 Å². The number of nitrogens with one attached hydrogen (secondary N) is 2. The van der Waals surface area contributed by atoms with Crippen LogP contribution in [-0.4, -0.2) is 25.0 Å². The van der Waals surface area contributed by atoms with Gasteiger partial charge in [-0.15, -0.1) is 0 Å². The molecule has 1 amide bonds. The first kappa shape index (κ1) is 18.2. The van der Waals surface area contributed by atoms with E-state index < -0.39 is 29.4 Å². The molecule has 6 heteroatoms. The van der Waals surface area contributed by atoms with Gasteiger partial charge < -0.3 is 10.2 Å². The zero-order chi connectivity index (χ0) is 18.7. The van der Waals surface area contributed by atoms with Gasteiger partial charge in [0.2, 0.25) is 0 Å². The maximum atomic E-state index is 13.7. The Labute approximate surface area is 150 Å². The van der Waals surface area contributed by atoms with E-state index >= 15 is 0 Å². The number of anilines is 1. The minimum atomic E-state index is -1.59. The van der Waals surface area contributed by atoms with Gasteiger partial charge in [0.25, 0.3) is 5.91 Å². The van der Waals surface area contributed by atoms with Gasteiger partial charge in [-0.2, -0.15) is 0 Å². The SMILES string of the molecule is C[C@@H](C(=O)Nc1ccc(F)c(F)c1F)[NH+]1CC=C(c2ccccc2)CC1. The van der Waals surface area contributed by atoms with Gasteiger partial charge in [-0.05, 0) is 36.3 Å². The normalized spacial score (nSPS) is 18.2. The van der Waals surface area contributed by atoms with Crippen LogP contribution < -0.4 is 10.2 Å². The molecule has 2 N–H and O–H groups in total. The molecule has 2 atom stereocenters. The predicted octanol–water partition coefficient (Wildman–Crippen LogP) is 2.80. The average Bonchev–Trinajstić information content (AvgIpc) is 2.68. The Morgan fingerprint density at radius 3 is 2.46 bits per heavy atom. The summed E-state index contributed by atoms with van der Waals surface area (Å²) in [6.45, 7) is 3.17. The largest absolute Gasteiger partial charge is 0.321 e. The summed E-state index contributed by atoms with van der Waals surface area (Å²) >= 11 is 0. The molecule has 0 fully saturated rings. The maximum absolute atomic E-state index is 13.7. The third-order valence-electron chi connectivity index (χ3n) is 4.77. The molecular weight excluding hydrogens is 341 g/mol. The summed E-state index contributed by atoms with van der Waals surface area (Å²) in [5.74, 6) is -4.68. The Bertz CT molecular complexity index is 836. The monoisotopic (exact) mass is 361 g/mol. The van der Waals surface area contributed by atoms with Crippen LogP contribution in [0.15, 0.2) is 48.5 Å². The van der Waals surface area contributed by atoms with Crippen LogP contribution >= 0.6 is 0 Å². The number of rotatable bonds is 4. The molecule has 3 rings (SSSR count). The molecule has 0 radical (unpaired) electrons. The van der Waals surface area contributed by atoms with E-state index in [0.717, 1.165) is 30.0 Å². The summed E-state index contributed by atoms with van der Waals surface area (Å²) in [5, 5.41) is 2.36. The van der Waals surface area contributed by atoms with Crippen LogP contribution in [0.4, 0.5) is 18.9 Å². The van der Waals surface area contributed by atoms with Gasteiger partial charge in [0.15, 0.2) is 23.5 Å². The fourth-order valence-electron chi connectivity index (χ4n) is 3.11. The standard InChI is InChI=1S/C20H19F3N2O/c1-13(20(26)24-17-8-7-16(21)18(22)19(17)23)25-11-9-15(10-12-25)14-5-3-2-4-6-14/h2-9,13H,10-12H2,1H3,(H,24,26)/p+1/t13-/m0/s1. The van der Waals surface area contributed by atoms with Crippen molar-refractivity contribution in [1.82, 2.24) is 0 Å². The van der Waals surface area contributed by atoms with Crippen LogP contribution in [0.2, 0.25) is 0 Å². The van der Waals surface area contributed by atoms with Crippen molar-refractivity contribution in [1.29, 1.82) is 0 Å². The van der Waals surface area contributed by atoms with Gasteiger partial charge in [0.1, 0.15) is 0 Å². The second-order valence-electron chi connectivity index (χ2n) is 6.39. The smallest absolute Gasteiger partial charge is 0.282 e. The number of amides is 1.